The van der Waals surface area contributed by atoms with Gasteiger partial charge in [-0.05, 0) is 56.3 Å². The van der Waals surface area contributed by atoms with E-state index >= 15 is 0 Å². The van der Waals surface area contributed by atoms with E-state index in [2.05, 4.69) is 6.92 Å². The van der Waals surface area contributed by atoms with Gasteiger partial charge in [0.1, 0.15) is 0 Å². The molecule has 0 radical (unpaired) electrons. The van der Waals surface area contributed by atoms with E-state index < -0.39 is 0 Å². The van der Waals surface area contributed by atoms with E-state index in [9.17, 15) is 5.11 Å². The summed E-state index contributed by atoms with van der Waals surface area (Å²) in [5, 5.41) is 10.8. The Kier molecular flexibility index (Phi) is 4.19. The minimum atomic E-state index is -0.0656. The largest absolute Gasteiger partial charge is 0.393 e. The van der Waals surface area contributed by atoms with Crippen LogP contribution < -0.4 is 0 Å². The van der Waals surface area contributed by atoms with Crippen LogP contribution in [0.15, 0.2) is 0 Å². The van der Waals surface area contributed by atoms with Crippen molar-refractivity contribution in [2.45, 2.75) is 82.8 Å². The van der Waals surface area contributed by atoms with Gasteiger partial charge in [-0.1, -0.05) is 32.6 Å². The van der Waals surface area contributed by atoms with Crippen LogP contribution in [0.25, 0.3) is 0 Å². The standard InChI is InChI=1S/C17H30O2/c1-13-5-4-6-14(11-13)16(18)15-7-10-19-17(12-15)8-2-3-9-17/h13-16,18H,2-12H2,1H3. The van der Waals surface area contributed by atoms with E-state index in [0.29, 0.717) is 11.8 Å². The third-order valence-corrected chi connectivity index (χ3v) is 5.99. The van der Waals surface area contributed by atoms with Crippen molar-refractivity contribution in [2.75, 3.05) is 6.61 Å². The lowest BCUT2D eigenvalue weighted by atomic mass is 9.72. The van der Waals surface area contributed by atoms with Gasteiger partial charge in [-0.25, -0.2) is 0 Å². The number of hydrogen-bond donors (Lipinski definition) is 1. The van der Waals surface area contributed by atoms with Crippen molar-refractivity contribution in [1.29, 1.82) is 0 Å². The molecule has 1 aliphatic heterocycles. The fourth-order valence-corrected chi connectivity index (χ4v) is 4.90. The van der Waals surface area contributed by atoms with Crippen molar-refractivity contribution in [3.8, 4) is 0 Å². The lowest BCUT2D eigenvalue weighted by Gasteiger charge is -2.43. The van der Waals surface area contributed by atoms with Crippen LogP contribution in [0, 0.1) is 17.8 Å². The van der Waals surface area contributed by atoms with Crippen LogP contribution in [0.3, 0.4) is 0 Å². The smallest absolute Gasteiger partial charge is 0.0686 e. The number of hydrogen-bond acceptors (Lipinski definition) is 2. The van der Waals surface area contributed by atoms with Crippen LogP contribution in [-0.4, -0.2) is 23.4 Å². The number of aliphatic hydroxyl groups excluding tert-OH is 1. The fourth-order valence-electron chi connectivity index (χ4n) is 4.90. The molecule has 1 saturated heterocycles. The maximum absolute atomic E-state index is 10.8. The summed E-state index contributed by atoms with van der Waals surface area (Å²) >= 11 is 0. The molecule has 2 nitrogen and oxygen atoms in total. The average molecular weight is 266 g/mol. The maximum Gasteiger partial charge on any atom is 0.0686 e. The summed E-state index contributed by atoms with van der Waals surface area (Å²) in [6, 6.07) is 0. The summed E-state index contributed by atoms with van der Waals surface area (Å²) in [6.45, 7) is 3.23. The second-order valence-corrected chi connectivity index (χ2v) is 7.51. The van der Waals surface area contributed by atoms with E-state index in [1.807, 2.05) is 0 Å². The van der Waals surface area contributed by atoms with Gasteiger partial charge in [-0.3, -0.25) is 0 Å². The van der Waals surface area contributed by atoms with Crippen molar-refractivity contribution in [3.05, 3.63) is 0 Å². The Hall–Kier alpha value is -0.0800. The molecule has 2 saturated carbocycles. The monoisotopic (exact) mass is 266 g/mol. The van der Waals surface area contributed by atoms with Crippen LogP contribution in [-0.2, 0) is 4.74 Å². The van der Waals surface area contributed by atoms with Crippen molar-refractivity contribution in [1.82, 2.24) is 0 Å². The molecule has 0 amide bonds. The summed E-state index contributed by atoms with van der Waals surface area (Å²) in [5.41, 5.74) is 0.157. The molecular weight excluding hydrogens is 236 g/mol. The van der Waals surface area contributed by atoms with Gasteiger partial charge in [-0.15, -0.1) is 0 Å². The molecule has 1 heterocycles. The molecule has 3 rings (SSSR count). The third-order valence-electron chi connectivity index (χ3n) is 5.99. The highest BCUT2D eigenvalue weighted by atomic mass is 16.5. The first kappa shape index (κ1) is 13.9. The van der Waals surface area contributed by atoms with Gasteiger partial charge >= 0.3 is 0 Å². The summed E-state index contributed by atoms with van der Waals surface area (Å²) < 4.78 is 6.10. The van der Waals surface area contributed by atoms with Gasteiger partial charge in [0.15, 0.2) is 0 Å². The van der Waals surface area contributed by atoms with E-state index in [4.69, 9.17) is 4.74 Å². The minimum Gasteiger partial charge on any atom is -0.393 e. The Bertz CT molecular complexity index is 296. The highest BCUT2D eigenvalue weighted by Gasteiger charge is 2.43. The minimum absolute atomic E-state index is 0.0656. The summed E-state index contributed by atoms with van der Waals surface area (Å²) in [7, 11) is 0. The quantitative estimate of drug-likeness (QED) is 0.821. The Balaban J connectivity index is 1.61. The number of aliphatic hydroxyl groups is 1. The van der Waals surface area contributed by atoms with Gasteiger partial charge < -0.3 is 9.84 Å². The lowest BCUT2D eigenvalue weighted by molar-refractivity contribution is -0.122. The molecule has 0 aromatic heterocycles. The zero-order valence-corrected chi connectivity index (χ0v) is 12.4. The molecule has 2 aliphatic carbocycles. The maximum atomic E-state index is 10.8. The topological polar surface area (TPSA) is 29.5 Å². The van der Waals surface area contributed by atoms with E-state index in [1.165, 1.54) is 51.4 Å². The summed E-state index contributed by atoms with van der Waals surface area (Å²) in [5.74, 6) is 1.88. The van der Waals surface area contributed by atoms with Crippen molar-refractivity contribution in [3.63, 3.8) is 0 Å². The Morgan fingerprint density at radius 1 is 1.05 bits per heavy atom. The summed E-state index contributed by atoms with van der Waals surface area (Å²) in [6.07, 6.45) is 12.4. The SMILES string of the molecule is CC1CCCC(C(O)C2CCOC3(CCCC3)C2)C1. The first-order valence-corrected chi connectivity index (χ1v) is 8.51. The van der Waals surface area contributed by atoms with E-state index in [-0.39, 0.29) is 11.7 Å². The normalized spacial score (nSPS) is 40.4. The average Bonchev–Trinajstić information content (AvgIpc) is 2.86. The van der Waals surface area contributed by atoms with E-state index in [1.54, 1.807) is 0 Å². The zero-order valence-electron chi connectivity index (χ0n) is 12.4. The second kappa shape index (κ2) is 5.73. The van der Waals surface area contributed by atoms with Crippen LogP contribution in [0.1, 0.15) is 71.1 Å². The van der Waals surface area contributed by atoms with Crippen LogP contribution in [0.5, 0.6) is 0 Å². The molecule has 1 spiro atoms. The third kappa shape index (κ3) is 3.00. The molecule has 4 unspecified atom stereocenters. The number of ether oxygens (including phenoxy) is 1. The van der Waals surface area contributed by atoms with Gasteiger partial charge in [0.25, 0.3) is 0 Å². The molecule has 0 aromatic carbocycles. The number of rotatable bonds is 2. The van der Waals surface area contributed by atoms with Gasteiger partial charge in [0, 0.05) is 6.61 Å². The molecule has 1 N–H and O–H groups in total. The Morgan fingerprint density at radius 2 is 1.84 bits per heavy atom. The first-order chi connectivity index (χ1) is 9.19. The highest BCUT2D eigenvalue weighted by molar-refractivity contribution is 4.94. The molecule has 2 heteroatoms. The first-order valence-electron chi connectivity index (χ1n) is 8.51. The molecule has 3 fully saturated rings. The van der Waals surface area contributed by atoms with Gasteiger partial charge in [0.05, 0.1) is 11.7 Å². The molecule has 19 heavy (non-hydrogen) atoms. The molecule has 4 atom stereocenters. The van der Waals surface area contributed by atoms with Crippen LogP contribution in [0.2, 0.25) is 0 Å². The van der Waals surface area contributed by atoms with Crippen molar-refractivity contribution in [2.24, 2.45) is 17.8 Å². The van der Waals surface area contributed by atoms with Crippen molar-refractivity contribution < 1.29 is 9.84 Å². The zero-order chi connectivity index (χ0) is 13.3. The Morgan fingerprint density at radius 3 is 2.58 bits per heavy atom. The van der Waals surface area contributed by atoms with E-state index in [0.717, 1.165) is 25.4 Å². The van der Waals surface area contributed by atoms with Crippen LogP contribution >= 0.6 is 0 Å². The van der Waals surface area contributed by atoms with Crippen molar-refractivity contribution >= 4 is 0 Å². The predicted octanol–water partition coefficient (Wildman–Crippen LogP) is 3.91. The summed E-state index contributed by atoms with van der Waals surface area (Å²) in [4.78, 5) is 0. The Labute approximate surface area is 117 Å². The molecular formula is C17H30O2. The van der Waals surface area contributed by atoms with Gasteiger partial charge in [0.2, 0.25) is 0 Å². The fraction of sp³-hybridized carbons (Fsp3) is 1.00. The molecule has 0 aromatic rings. The molecule has 0 bridgehead atoms. The lowest BCUT2D eigenvalue weighted by Crippen LogP contribution is -2.43. The highest BCUT2D eigenvalue weighted by Crippen LogP contribution is 2.45. The predicted molar refractivity (Wildman–Crippen MR) is 77.0 cm³/mol. The molecule has 3 aliphatic rings. The van der Waals surface area contributed by atoms with Gasteiger partial charge in [-0.2, -0.15) is 0 Å². The second-order valence-electron chi connectivity index (χ2n) is 7.51. The molecule has 110 valence electrons. The van der Waals surface area contributed by atoms with Crippen LogP contribution in [0.4, 0.5) is 0 Å².